The van der Waals surface area contributed by atoms with Gasteiger partial charge < -0.3 is 10.1 Å². The quantitative estimate of drug-likeness (QED) is 0.875. The van der Waals surface area contributed by atoms with Gasteiger partial charge in [0.1, 0.15) is 0 Å². The molecule has 0 fully saturated rings. The molecule has 1 unspecified atom stereocenters. The molecule has 2 aromatic rings. The van der Waals surface area contributed by atoms with Gasteiger partial charge in [0.2, 0.25) is 5.91 Å². The van der Waals surface area contributed by atoms with Crippen LogP contribution in [-0.2, 0) is 22.1 Å². The molecule has 3 nitrogen and oxygen atoms in total. The van der Waals surface area contributed by atoms with Crippen LogP contribution < -0.4 is 5.32 Å². The second-order valence-electron chi connectivity index (χ2n) is 6.09. The Kier molecular flexibility index (Phi) is 4.81. The maximum atomic E-state index is 13.0. The molecule has 2 aromatic carbocycles. The predicted octanol–water partition coefficient (Wildman–Crippen LogP) is 4.66. The summed E-state index contributed by atoms with van der Waals surface area (Å²) in [5, 5.41) is 2.54. The molecule has 1 atom stereocenters. The van der Waals surface area contributed by atoms with Gasteiger partial charge in [-0.2, -0.15) is 13.2 Å². The summed E-state index contributed by atoms with van der Waals surface area (Å²) in [5.41, 5.74) is 1.61. The number of benzene rings is 2. The molecule has 0 saturated heterocycles. The number of halogens is 3. The molecule has 132 valence electrons. The van der Waals surface area contributed by atoms with E-state index in [4.69, 9.17) is 4.74 Å². The number of rotatable bonds is 3. The van der Waals surface area contributed by atoms with E-state index in [9.17, 15) is 18.0 Å². The van der Waals surface area contributed by atoms with Crippen LogP contribution in [0.5, 0.6) is 0 Å². The minimum atomic E-state index is -4.45. The number of carbonyl (C=O) groups is 1. The number of aryl methyl sites for hydroxylation is 1. The van der Waals surface area contributed by atoms with Gasteiger partial charge in [-0.3, -0.25) is 4.79 Å². The van der Waals surface area contributed by atoms with E-state index in [2.05, 4.69) is 5.32 Å². The normalized spacial score (nSPS) is 17.0. The van der Waals surface area contributed by atoms with Crippen LogP contribution >= 0.6 is 0 Å². The number of ether oxygens (including phenoxy) is 1. The molecule has 0 bridgehead atoms. The summed E-state index contributed by atoms with van der Waals surface area (Å²) in [6, 6.07) is 11.5. The van der Waals surface area contributed by atoms with E-state index in [1.54, 1.807) is 0 Å². The van der Waals surface area contributed by atoms with Crippen molar-refractivity contribution in [1.29, 1.82) is 0 Å². The van der Waals surface area contributed by atoms with Crippen LogP contribution in [0.4, 0.5) is 18.9 Å². The molecule has 0 spiro atoms. The third-order valence-electron chi connectivity index (χ3n) is 4.29. The topological polar surface area (TPSA) is 38.3 Å². The van der Waals surface area contributed by atoms with Crippen molar-refractivity contribution >= 4 is 11.6 Å². The summed E-state index contributed by atoms with van der Waals surface area (Å²) >= 11 is 0. The molecule has 0 radical (unpaired) electrons. The van der Waals surface area contributed by atoms with Gasteiger partial charge >= 0.3 is 6.18 Å². The summed E-state index contributed by atoms with van der Waals surface area (Å²) < 4.78 is 44.6. The molecule has 0 saturated carbocycles. The largest absolute Gasteiger partial charge is 0.416 e. The zero-order valence-electron chi connectivity index (χ0n) is 13.7. The van der Waals surface area contributed by atoms with Crippen LogP contribution in [0, 0.1) is 6.92 Å². The minimum Gasteiger partial charge on any atom is -0.373 e. The van der Waals surface area contributed by atoms with Crippen LogP contribution in [-0.4, -0.2) is 12.5 Å². The summed E-state index contributed by atoms with van der Waals surface area (Å²) in [4.78, 5) is 12.3. The van der Waals surface area contributed by atoms with Crippen LogP contribution in [0.3, 0.4) is 0 Å². The van der Waals surface area contributed by atoms with E-state index >= 15 is 0 Å². The molecule has 1 amide bonds. The van der Waals surface area contributed by atoms with E-state index in [0.29, 0.717) is 6.61 Å². The highest BCUT2D eigenvalue weighted by Crippen LogP contribution is 2.34. The van der Waals surface area contributed by atoms with Crippen LogP contribution in [0.2, 0.25) is 0 Å². The number of alkyl halides is 3. The zero-order chi connectivity index (χ0) is 18.0. The van der Waals surface area contributed by atoms with Gasteiger partial charge in [0.05, 0.1) is 24.7 Å². The Balaban J connectivity index is 1.72. The lowest BCUT2D eigenvalue weighted by molar-refractivity contribution is -0.138. The first-order valence-electron chi connectivity index (χ1n) is 8.01. The molecule has 1 aliphatic heterocycles. The lowest BCUT2D eigenvalue weighted by Crippen LogP contribution is -2.22. The van der Waals surface area contributed by atoms with Crippen LogP contribution in [0.15, 0.2) is 42.5 Å². The van der Waals surface area contributed by atoms with E-state index in [1.807, 2.05) is 24.3 Å². The standard InChI is InChI=1S/C19H18F3NO2/c1-12-6-7-14(10-16(12)19(20,21)22)23-18(24)11-17-15-5-3-2-4-13(15)8-9-25-17/h2-7,10,17H,8-9,11H2,1H3,(H,23,24). The summed E-state index contributed by atoms with van der Waals surface area (Å²) in [6.07, 6.45) is -3.97. The van der Waals surface area contributed by atoms with E-state index in [-0.39, 0.29) is 29.7 Å². The maximum Gasteiger partial charge on any atom is 0.416 e. The number of anilines is 1. The molecule has 25 heavy (non-hydrogen) atoms. The van der Waals surface area contributed by atoms with Crippen molar-refractivity contribution < 1.29 is 22.7 Å². The molecule has 6 heteroatoms. The molecule has 1 N–H and O–H groups in total. The molecule has 1 heterocycles. The Morgan fingerprint density at radius 3 is 2.76 bits per heavy atom. The molecular weight excluding hydrogens is 331 g/mol. The van der Waals surface area contributed by atoms with E-state index in [1.165, 1.54) is 19.1 Å². The van der Waals surface area contributed by atoms with Gasteiger partial charge in [-0.15, -0.1) is 0 Å². The first-order valence-corrected chi connectivity index (χ1v) is 8.01. The third-order valence-corrected chi connectivity index (χ3v) is 4.29. The third kappa shape index (κ3) is 4.02. The number of nitrogens with one attached hydrogen (secondary N) is 1. The maximum absolute atomic E-state index is 13.0. The van der Waals surface area contributed by atoms with Gasteiger partial charge in [0.15, 0.2) is 0 Å². The van der Waals surface area contributed by atoms with Gasteiger partial charge in [-0.1, -0.05) is 30.3 Å². The average molecular weight is 349 g/mol. The van der Waals surface area contributed by atoms with Crippen molar-refractivity contribution in [3.63, 3.8) is 0 Å². The number of hydrogen-bond donors (Lipinski definition) is 1. The van der Waals surface area contributed by atoms with Crippen molar-refractivity contribution in [2.75, 3.05) is 11.9 Å². The average Bonchev–Trinajstić information content (AvgIpc) is 2.56. The van der Waals surface area contributed by atoms with Crippen LogP contribution in [0.25, 0.3) is 0 Å². The second kappa shape index (κ2) is 6.88. The molecular formula is C19H18F3NO2. The Morgan fingerprint density at radius 1 is 1.24 bits per heavy atom. The highest BCUT2D eigenvalue weighted by molar-refractivity contribution is 5.91. The Bertz CT molecular complexity index is 786. The number of amides is 1. The fourth-order valence-corrected chi connectivity index (χ4v) is 3.03. The van der Waals surface area contributed by atoms with E-state index < -0.39 is 11.7 Å². The Morgan fingerprint density at radius 2 is 2.00 bits per heavy atom. The molecule has 0 aromatic heterocycles. The molecule has 0 aliphatic carbocycles. The number of hydrogen-bond acceptors (Lipinski definition) is 2. The van der Waals surface area contributed by atoms with Gasteiger partial charge in [0.25, 0.3) is 0 Å². The second-order valence-corrected chi connectivity index (χ2v) is 6.09. The van der Waals surface area contributed by atoms with Crippen molar-refractivity contribution in [3.05, 3.63) is 64.7 Å². The Labute approximate surface area is 143 Å². The first-order chi connectivity index (χ1) is 11.8. The minimum absolute atomic E-state index is 0.0617. The van der Waals surface area contributed by atoms with Crippen molar-refractivity contribution in [2.45, 2.75) is 32.0 Å². The summed E-state index contributed by atoms with van der Waals surface area (Å²) in [7, 11) is 0. The van der Waals surface area contributed by atoms with Gasteiger partial charge in [0, 0.05) is 5.69 Å². The predicted molar refractivity (Wildman–Crippen MR) is 88.3 cm³/mol. The highest BCUT2D eigenvalue weighted by atomic mass is 19.4. The zero-order valence-corrected chi connectivity index (χ0v) is 13.7. The van der Waals surface area contributed by atoms with Crippen molar-refractivity contribution in [2.24, 2.45) is 0 Å². The number of carbonyl (C=O) groups excluding carboxylic acids is 1. The summed E-state index contributed by atoms with van der Waals surface area (Å²) in [5.74, 6) is -0.376. The monoisotopic (exact) mass is 349 g/mol. The van der Waals surface area contributed by atoms with Crippen LogP contribution in [0.1, 0.15) is 34.8 Å². The first kappa shape index (κ1) is 17.5. The molecule has 3 rings (SSSR count). The molecule has 1 aliphatic rings. The highest BCUT2D eigenvalue weighted by Gasteiger charge is 2.32. The summed E-state index contributed by atoms with van der Waals surface area (Å²) in [6.45, 7) is 1.92. The smallest absolute Gasteiger partial charge is 0.373 e. The fraction of sp³-hybridized carbons (Fsp3) is 0.316. The lowest BCUT2D eigenvalue weighted by Gasteiger charge is -2.25. The van der Waals surface area contributed by atoms with Gasteiger partial charge in [-0.25, -0.2) is 0 Å². The van der Waals surface area contributed by atoms with Crippen molar-refractivity contribution in [3.8, 4) is 0 Å². The van der Waals surface area contributed by atoms with Crippen molar-refractivity contribution in [1.82, 2.24) is 0 Å². The number of fused-ring (bicyclic) bond motifs is 1. The Hall–Kier alpha value is -2.34. The van der Waals surface area contributed by atoms with E-state index in [0.717, 1.165) is 23.6 Å². The SMILES string of the molecule is Cc1ccc(NC(=O)CC2OCCc3ccccc32)cc1C(F)(F)F. The fourth-order valence-electron chi connectivity index (χ4n) is 3.03. The lowest BCUT2D eigenvalue weighted by atomic mass is 9.95. The van der Waals surface area contributed by atoms with Gasteiger partial charge in [-0.05, 0) is 42.2 Å².